The molecule has 1 N–H and O–H groups in total. The Kier molecular flexibility index (Phi) is 3.57. The van der Waals surface area contributed by atoms with Gasteiger partial charge in [0.25, 0.3) is 0 Å². The lowest BCUT2D eigenvalue weighted by Crippen LogP contribution is -2.39. The van der Waals surface area contributed by atoms with Crippen LogP contribution >= 0.6 is 0 Å². The van der Waals surface area contributed by atoms with Crippen molar-refractivity contribution in [2.45, 2.75) is 19.1 Å². The summed E-state index contributed by atoms with van der Waals surface area (Å²) in [5.74, 6) is 0. The van der Waals surface area contributed by atoms with E-state index in [1.165, 1.54) is 0 Å². The molecule has 2 aromatic carbocycles. The highest BCUT2D eigenvalue weighted by Gasteiger charge is 2.28. The minimum Gasteiger partial charge on any atom is -0.386 e. The van der Waals surface area contributed by atoms with Gasteiger partial charge in [0.1, 0.15) is 6.10 Å². The van der Waals surface area contributed by atoms with E-state index in [2.05, 4.69) is 36.1 Å². The van der Waals surface area contributed by atoms with Crippen LogP contribution in [0.2, 0.25) is 0 Å². The maximum absolute atomic E-state index is 10.7. The van der Waals surface area contributed by atoms with Gasteiger partial charge >= 0.3 is 0 Å². The van der Waals surface area contributed by atoms with Crippen LogP contribution < -0.4 is 4.90 Å². The molecule has 0 unspecified atom stereocenters. The predicted octanol–water partition coefficient (Wildman–Crippen LogP) is 3.64. The van der Waals surface area contributed by atoms with Crippen molar-refractivity contribution in [3.05, 3.63) is 71.8 Å². The molecule has 0 amide bonds. The second-order valence-electron chi connectivity index (χ2n) is 5.05. The molecular weight excluding hydrogens is 246 g/mol. The molecule has 3 rings (SSSR count). The minimum atomic E-state index is -0.489. The first-order chi connectivity index (χ1) is 9.81. The van der Waals surface area contributed by atoms with Crippen LogP contribution in [0.1, 0.15) is 24.2 Å². The third-order valence-corrected chi connectivity index (χ3v) is 3.90. The molecule has 2 nitrogen and oxygen atoms in total. The Labute approximate surface area is 120 Å². The van der Waals surface area contributed by atoms with E-state index in [0.29, 0.717) is 0 Å². The van der Waals surface area contributed by atoms with E-state index < -0.39 is 6.10 Å². The van der Waals surface area contributed by atoms with Crippen molar-refractivity contribution in [1.82, 2.24) is 0 Å². The fraction of sp³-hybridized carbons (Fsp3) is 0.222. The quantitative estimate of drug-likeness (QED) is 0.915. The molecule has 0 saturated carbocycles. The Morgan fingerprint density at radius 2 is 1.70 bits per heavy atom. The topological polar surface area (TPSA) is 23.5 Å². The van der Waals surface area contributed by atoms with Crippen molar-refractivity contribution < 1.29 is 5.11 Å². The molecule has 102 valence electrons. The standard InChI is InChI=1S/C18H19NO/c1-2-19(15-9-4-3-5-10-15)17-13-12-14-8-6-7-11-16(14)18(17)20/h3-13,17-18,20H,2H2,1H3/t17-,18-/m0/s1. The number of anilines is 1. The predicted molar refractivity (Wildman–Crippen MR) is 83.7 cm³/mol. The maximum atomic E-state index is 10.7. The van der Waals surface area contributed by atoms with Crippen LogP contribution in [0.3, 0.4) is 0 Å². The summed E-state index contributed by atoms with van der Waals surface area (Å²) in [5.41, 5.74) is 3.26. The van der Waals surface area contributed by atoms with Crippen molar-refractivity contribution >= 4 is 11.8 Å². The highest BCUT2D eigenvalue weighted by atomic mass is 16.3. The van der Waals surface area contributed by atoms with Gasteiger partial charge in [-0.25, -0.2) is 0 Å². The van der Waals surface area contributed by atoms with Crippen LogP contribution in [0, 0.1) is 0 Å². The Balaban J connectivity index is 1.95. The highest BCUT2D eigenvalue weighted by molar-refractivity contribution is 5.61. The average Bonchev–Trinajstić information content (AvgIpc) is 2.51. The van der Waals surface area contributed by atoms with Gasteiger partial charge in [-0.3, -0.25) is 0 Å². The van der Waals surface area contributed by atoms with E-state index in [9.17, 15) is 5.11 Å². The normalized spacial score (nSPS) is 20.5. The van der Waals surface area contributed by atoms with E-state index >= 15 is 0 Å². The van der Waals surface area contributed by atoms with Gasteiger partial charge in [0.2, 0.25) is 0 Å². The van der Waals surface area contributed by atoms with Gasteiger partial charge in [0.15, 0.2) is 0 Å². The molecule has 0 fully saturated rings. The van der Waals surface area contributed by atoms with Gasteiger partial charge in [0, 0.05) is 12.2 Å². The molecule has 0 aromatic heterocycles. The van der Waals surface area contributed by atoms with Crippen LogP contribution in [0.5, 0.6) is 0 Å². The summed E-state index contributed by atoms with van der Waals surface area (Å²) in [4.78, 5) is 2.23. The zero-order valence-electron chi connectivity index (χ0n) is 11.6. The molecule has 20 heavy (non-hydrogen) atoms. The third-order valence-electron chi connectivity index (χ3n) is 3.90. The second kappa shape index (κ2) is 5.51. The largest absolute Gasteiger partial charge is 0.386 e. The summed E-state index contributed by atoms with van der Waals surface area (Å²) in [6.45, 7) is 2.98. The number of para-hydroxylation sites is 1. The number of aliphatic hydroxyl groups excluding tert-OH is 1. The first-order valence-electron chi connectivity index (χ1n) is 7.08. The van der Waals surface area contributed by atoms with Gasteiger partial charge in [-0.05, 0) is 30.2 Å². The van der Waals surface area contributed by atoms with Crippen LogP contribution in [-0.2, 0) is 0 Å². The van der Waals surface area contributed by atoms with E-state index in [1.54, 1.807) is 0 Å². The number of nitrogens with zero attached hydrogens (tertiary/aromatic N) is 1. The van der Waals surface area contributed by atoms with Gasteiger partial charge in [-0.2, -0.15) is 0 Å². The van der Waals surface area contributed by atoms with E-state index in [4.69, 9.17) is 0 Å². The molecule has 2 aromatic rings. The number of hydrogen-bond acceptors (Lipinski definition) is 2. The summed E-state index contributed by atoms with van der Waals surface area (Å²) < 4.78 is 0. The lowest BCUT2D eigenvalue weighted by Gasteiger charge is -2.36. The molecule has 1 aliphatic rings. The third kappa shape index (κ3) is 2.23. The van der Waals surface area contributed by atoms with Gasteiger partial charge in [0.05, 0.1) is 6.04 Å². The smallest absolute Gasteiger partial charge is 0.103 e. The Morgan fingerprint density at radius 1 is 1.00 bits per heavy atom. The maximum Gasteiger partial charge on any atom is 0.103 e. The van der Waals surface area contributed by atoms with Gasteiger partial charge in [-0.1, -0.05) is 54.6 Å². The lowest BCUT2D eigenvalue weighted by molar-refractivity contribution is 0.158. The van der Waals surface area contributed by atoms with Crippen LogP contribution in [0.25, 0.3) is 6.08 Å². The molecule has 0 heterocycles. The Hall–Kier alpha value is -2.06. The van der Waals surface area contributed by atoms with Gasteiger partial charge < -0.3 is 10.0 Å². The fourth-order valence-electron chi connectivity index (χ4n) is 2.88. The summed E-state index contributed by atoms with van der Waals surface area (Å²) in [6.07, 6.45) is 3.72. The zero-order chi connectivity index (χ0) is 13.9. The van der Waals surface area contributed by atoms with Crippen LogP contribution in [-0.4, -0.2) is 17.7 Å². The zero-order valence-corrected chi connectivity index (χ0v) is 11.6. The number of likely N-dealkylation sites (N-methyl/N-ethyl adjacent to an activating group) is 1. The SMILES string of the molecule is CCN(c1ccccc1)[C@H]1C=Cc2ccccc2[C@@H]1O. The molecule has 0 spiro atoms. The number of benzene rings is 2. The molecule has 0 saturated heterocycles. The summed E-state index contributed by atoms with van der Waals surface area (Å²) in [6, 6.07) is 18.3. The fourth-order valence-corrected chi connectivity index (χ4v) is 2.88. The van der Waals surface area contributed by atoms with Crippen molar-refractivity contribution in [1.29, 1.82) is 0 Å². The molecular formula is C18H19NO. The monoisotopic (exact) mass is 265 g/mol. The summed E-state index contributed by atoms with van der Waals surface area (Å²) in [5, 5.41) is 10.7. The molecule has 2 heteroatoms. The van der Waals surface area contributed by atoms with Crippen molar-refractivity contribution in [3.63, 3.8) is 0 Å². The Bertz CT molecular complexity index is 606. The molecule has 0 aliphatic heterocycles. The van der Waals surface area contributed by atoms with Crippen molar-refractivity contribution in [2.24, 2.45) is 0 Å². The highest BCUT2D eigenvalue weighted by Crippen LogP contribution is 2.32. The van der Waals surface area contributed by atoms with Crippen LogP contribution in [0.15, 0.2) is 60.7 Å². The number of fused-ring (bicyclic) bond motifs is 1. The summed E-state index contributed by atoms with van der Waals surface area (Å²) in [7, 11) is 0. The van der Waals surface area contributed by atoms with Gasteiger partial charge in [-0.15, -0.1) is 0 Å². The molecule has 1 aliphatic carbocycles. The first-order valence-corrected chi connectivity index (χ1v) is 7.08. The van der Waals surface area contributed by atoms with E-state index in [-0.39, 0.29) is 6.04 Å². The van der Waals surface area contributed by atoms with E-state index in [1.807, 2.05) is 42.5 Å². The number of aliphatic hydroxyl groups is 1. The molecule has 0 bridgehead atoms. The number of rotatable bonds is 3. The average molecular weight is 265 g/mol. The molecule has 2 atom stereocenters. The first kappa shape index (κ1) is 12.9. The summed E-state index contributed by atoms with van der Waals surface area (Å²) >= 11 is 0. The minimum absolute atomic E-state index is 0.0164. The molecule has 0 radical (unpaired) electrons. The van der Waals surface area contributed by atoms with E-state index in [0.717, 1.165) is 23.4 Å². The van der Waals surface area contributed by atoms with Crippen LogP contribution in [0.4, 0.5) is 5.69 Å². The number of hydrogen-bond donors (Lipinski definition) is 1. The van der Waals surface area contributed by atoms with Crippen molar-refractivity contribution in [3.8, 4) is 0 Å². The van der Waals surface area contributed by atoms with Crippen molar-refractivity contribution in [2.75, 3.05) is 11.4 Å². The lowest BCUT2D eigenvalue weighted by atomic mass is 9.90. The second-order valence-corrected chi connectivity index (χ2v) is 5.05. The Morgan fingerprint density at radius 3 is 2.45 bits per heavy atom.